The molecule has 5 aromatic heterocycles. The zero-order chi connectivity index (χ0) is 23.5. The Morgan fingerprint density at radius 2 is 1.06 bits per heavy atom. The van der Waals surface area contributed by atoms with Gasteiger partial charge < -0.3 is 0 Å². The average molecular weight is 702 g/mol. The zero-order valence-corrected chi connectivity index (χ0v) is 25.6. The number of amides is 2. The average Bonchev–Trinajstić information content (AvgIpc) is 3.57. The van der Waals surface area contributed by atoms with Crippen LogP contribution in [0.1, 0.15) is 20.7 Å². The minimum atomic E-state index is -0.249. The van der Waals surface area contributed by atoms with Gasteiger partial charge in [-0.2, -0.15) is 0 Å². The number of fused-ring (bicyclic) bond motifs is 4. The van der Waals surface area contributed by atoms with Gasteiger partial charge in [-0.1, -0.05) is 12.2 Å². The molecule has 0 N–H and O–H groups in total. The van der Waals surface area contributed by atoms with Crippen molar-refractivity contribution in [1.82, 2.24) is 4.90 Å². The van der Waals surface area contributed by atoms with Crippen LogP contribution in [0.15, 0.2) is 31.8 Å². The van der Waals surface area contributed by atoms with Gasteiger partial charge in [0.05, 0.1) is 28.1 Å². The van der Waals surface area contributed by atoms with Crippen molar-refractivity contribution in [2.45, 2.75) is 0 Å². The third kappa shape index (κ3) is 3.13. The molecule has 6 heterocycles. The van der Waals surface area contributed by atoms with E-state index in [1.807, 2.05) is 0 Å². The lowest BCUT2D eigenvalue weighted by atomic mass is 9.95. The Balaban J connectivity index is 1.63. The number of halogens is 2. The number of carbonyl (C=O) groups is 2. The van der Waals surface area contributed by atoms with Gasteiger partial charge in [-0.3, -0.25) is 14.5 Å². The Bertz CT molecular complexity index is 1730. The molecule has 34 heavy (non-hydrogen) atoms. The lowest BCUT2D eigenvalue weighted by molar-refractivity contribution is 0.0693. The third-order valence-electron chi connectivity index (χ3n) is 5.66. The van der Waals surface area contributed by atoms with Gasteiger partial charge in [0.15, 0.2) is 0 Å². The smallest absolute Gasteiger partial charge is 0.262 e. The number of thiophene rings is 4. The van der Waals surface area contributed by atoms with Crippen LogP contribution < -0.4 is 0 Å². The van der Waals surface area contributed by atoms with E-state index < -0.39 is 0 Å². The van der Waals surface area contributed by atoms with E-state index in [0.29, 0.717) is 11.1 Å². The molecule has 1 aliphatic rings. The molecule has 0 fully saturated rings. The van der Waals surface area contributed by atoms with Crippen LogP contribution in [0.2, 0.25) is 0 Å². The molecule has 6 aromatic rings. The highest BCUT2D eigenvalue weighted by Crippen LogP contribution is 2.53. The highest BCUT2D eigenvalue weighted by molar-refractivity contribution is 9.11. The molecule has 0 unspecified atom stereocenters. The summed E-state index contributed by atoms with van der Waals surface area (Å²) in [6.07, 6.45) is 0. The van der Waals surface area contributed by atoms with Crippen LogP contribution in [0.4, 0.5) is 0 Å². The van der Waals surface area contributed by atoms with E-state index in [4.69, 9.17) is 12.2 Å². The van der Waals surface area contributed by atoms with Gasteiger partial charge in [0.25, 0.3) is 11.8 Å². The number of imide groups is 1. The molecule has 0 atom stereocenters. The van der Waals surface area contributed by atoms with Crippen LogP contribution in [0, 0.1) is 3.14 Å². The zero-order valence-electron chi connectivity index (χ0n) is 16.7. The first-order valence-electron chi connectivity index (χ1n) is 9.64. The molecule has 0 saturated heterocycles. The standard InChI is InChI=1S/C22H7Br2NO2S7/c1-25-20(26)16-14(10-2-6-8(29-10)4-12(23)31-6)18-19(34-22(28)33-18)15(17(16)21(25)27)11-3-7-9(30-11)5-13(24)32-7/h2-5H,1H3. The molecule has 3 nitrogen and oxygen atoms in total. The van der Waals surface area contributed by atoms with E-state index in [9.17, 15) is 9.59 Å². The van der Waals surface area contributed by atoms with Crippen molar-refractivity contribution in [1.29, 1.82) is 0 Å². The molecule has 7 rings (SSSR count). The molecular formula is C22H7Br2NO2S7. The summed E-state index contributed by atoms with van der Waals surface area (Å²) < 4.78 is 9.56. The summed E-state index contributed by atoms with van der Waals surface area (Å²) in [5, 5.41) is 0. The molecule has 168 valence electrons. The molecule has 0 spiro atoms. The van der Waals surface area contributed by atoms with E-state index in [1.54, 1.807) is 52.4 Å². The van der Waals surface area contributed by atoms with E-state index in [-0.39, 0.29) is 11.8 Å². The summed E-state index contributed by atoms with van der Waals surface area (Å²) in [7, 11) is 1.57. The van der Waals surface area contributed by atoms with Crippen molar-refractivity contribution < 1.29 is 9.59 Å². The number of carbonyl (C=O) groups excluding carboxylic acids is 2. The first-order chi connectivity index (χ1) is 16.3. The summed E-state index contributed by atoms with van der Waals surface area (Å²) in [5.41, 5.74) is 2.70. The second-order valence-corrected chi connectivity index (χ2v) is 17.9. The van der Waals surface area contributed by atoms with Gasteiger partial charge in [-0.05, 0) is 56.1 Å². The van der Waals surface area contributed by atoms with E-state index in [2.05, 4.69) is 56.1 Å². The predicted molar refractivity (Wildman–Crippen MR) is 160 cm³/mol. The molecule has 0 bridgehead atoms. The van der Waals surface area contributed by atoms with E-state index >= 15 is 0 Å². The number of benzene rings is 1. The van der Waals surface area contributed by atoms with Crippen molar-refractivity contribution in [2.24, 2.45) is 0 Å². The number of rotatable bonds is 2. The molecule has 1 aliphatic heterocycles. The Hall–Kier alpha value is -0.830. The van der Waals surface area contributed by atoms with Crippen LogP contribution in [0.25, 0.3) is 49.1 Å². The van der Waals surface area contributed by atoms with Gasteiger partial charge in [-0.25, -0.2) is 0 Å². The first kappa shape index (κ1) is 22.4. The molecule has 0 saturated carbocycles. The summed E-state index contributed by atoms with van der Waals surface area (Å²) in [6.45, 7) is 0. The molecular weight excluding hydrogens is 695 g/mol. The normalized spacial score (nSPS) is 13.9. The van der Waals surface area contributed by atoms with Gasteiger partial charge in [0, 0.05) is 46.7 Å². The van der Waals surface area contributed by atoms with Gasteiger partial charge in [0.2, 0.25) is 0 Å². The second kappa shape index (κ2) is 7.83. The van der Waals surface area contributed by atoms with Crippen LogP contribution in [-0.4, -0.2) is 23.8 Å². The fourth-order valence-corrected chi connectivity index (χ4v) is 13.3. The summed E-state index contributed by atoms with van der Waals surface area (Å²) in [4.78, 5) is 30.2. The quantitative estimate of drug-likeness (QED) is 0.133. The van der Waals surface area contributed by atoms with Crippen molar-refractivity contribution in [3.05, 3.63) is 46.1 Å². The summed E-state index contributed by atoms with van der Waals surface area (Å²) >= 11 is 22.5. The summed E-state index contributed by atoms with van der Waals surface area (Å²) in [5.74, 6) is -0.497. The Kier molecular flexibility index (Phi) is 5.15. The van der Waals surface area contributed by atoms with Crippen LogP contribution in [-0.2, 0) is 0 Å². The number of hydrogen-bond acceptors (Lipinski definition) is 9. The highest BCUT2D eigenvalue weighted by Gasteiger charge is 2.41. The number of nitrogens with zero attached hydrogens (tertiary/aromatic N) is 1. The third-order valence-corrected chi connectivity index (χ3v) is 14.0. The molecule has 12 heteroatoms. The van der Waals surface area contributed by atoms with Crippen LogP contribution in [0.5, 0.6) is 0 Å². The summed E-state index contributed by atoms with van der Waals surface area (Å²) in [6, 6.07) is 8.47. The monoisotopic (exact) mass is 699 g/mol. The van der Waals surface area contributed by atoms with Crippen molar-refractivity contribution in [2.75, 3.05) is 7.05 Å². The largest absolute Gasteiger partial charge is 0.277 e. The van der Waals surface area contributed by atoms with Gasteiger partial charge in [0.1, 0.15) is 3.14 Å². The maximum absolute atomic E-state index is 13.5. The molecule has 1 aromatic carbocycles. The van der Waals surface area contributed by atoms with E-state index in [1.165, 1.54) is 27.6 Å². The van der Waals surface area contributed by atoms with Crippen LogP contribution >= 0.6 is 112 Å². The molecule has 0 aliphatic carbocycles. The molecule has 2 amide bonds. The highest BCUT2D eigenvalue weighted by atomic mass is 79.9. The topological polar surface area (TPSA) is 37.4 Å². The maximum atomic E-state index is 13.5. The fraction of sp³-hybridized carbons (Fsp3) is 0.0455. The van der Waals surface area contributed by atoms with Gasteiger partial charge >= 0.3 is 0 Å². The Labute approximate surface area is 238 Å². The first-order valence-corrected chi connectivity index (χ1v) is 16.5. The minimum Gasteiger partial charge on any atom is -0.277 e. The fourth-order valence-electron chi connectivity index (χ4n) is 4.27. The van der Waals surface area contributed by atoms with Crippen molar-refractivity contribution in [3.63, 3.8) is 0 Å². The second-order valence-electron chi connectivity index (χ2n) is 7.56. The van der Waals surface area contributed by atoms with Gasteiger partial charge in [-0.15, -0.1) is 68.0 Å². The lowest BCUT2D eigenvalue weighted by Gasteiger charge is -2.11. The predicted octanol–water partition coefficient (Wildman–Crippen LogP) is 10.3. The SMILES string of the molecule is CN1C(=O)c2c(c(-c3cc4sc(Br)cc4s3)c3sc(=S)sc3c2-c2cc3sc(Br)cc3s2)C1=O. The van der Waals surface area contributed by atoms with Crippen molar-refractivity contribution in [3.8, 4) is 20.9 Å². The Morgan fingerprint density at radius 3 is 1.47 bits per heavy atom. The van der Waals surface area contributed by atoms with Crippen molar-refractivity contribution >= 4 is 152 Å². The minimum absolute atomic E-state index is 0.249. The number of hydrogen-bond donors (Lipinski definition) is 0. The lowest BCUT2D eigenvalue weighted by Crippen LogP contribution is -2.24. The van der Waals surface area contributed by atoms with E-state index in [0.717, 1.165) is 59.8 Å². The molecule has 0 radical (unpaired) electrons. The van der Waals surface area contributed by atoms with Crippen LogP contribution in [0.3, 0.4) is 0 Å². The Morgan fingerprint density at radius 1 is 0.647 bits per heavy atom. The maximum Gasteiger partial charge on any atom is 0.262 e.